The highest BCUT2D eigenvalue weighted by Gasteiger charge is 2.41. The summed E-state index contributed by atoms with van der Waals surface area (Å²) in [5.74, 6) is 0. The Hall–Kier alpha value is -0.910. The fourth-order valence-electron chi connectivity index (χ4n) is 2.15. The van der Waals surface area contributed by atoms with Gasteiger partial charge in [0.05, 0.1) is 11.5 Å². The molecule has 5 heteroatoms. The molecule has 0 unspecified atom stereocenters. The van der Waals surface area contributed by atoms with Crippen molar-refractivity contribution >= 4 is 10.0 Å². The van der Waals surface area contributed by atoms with Gasteiger partial charge in [-0.25, -0.2) is 13.1 Å². The van der Waals surface area contributed by atoms with Gasteiger partial charge in [-0.05, 0) is 54.9 Å². The van der Waals surface area contributed by atoms with Crippen molar-refractivity contribution in [3.8, 4) is 0 Å². The topological polar surface area (TPSA) is 66.4 Å². The highest BCUT2D eigenvalue weighted by molar-refractivity contribution is 7.89. The molecule has 0 bridgehead atoms. The Kier molecular flexibility index (Phi) is 3.99. The van der Waals surface area contributed by atoms with Crippen LogP contribution in [-0.2, 0) is 16.6 Å². The zero-order valence-corrected chi connectivity index (χ0v) is 12.3. The Labute approximate surface area is 114 Å². The zero-order chi connectivity index (χ0) is 14.1. The maximum atomic E-state index is 12.2. The molecule has 19 heavy (non-hydrogen) atoms. The second-order valence-corrected chi connectivity index (χ2v) is 7.19. The Balaban J connectivity index is 2.15. The van der Waals surface area contributed by atoms with Crippen LogP contribution in [0, 0.1) is 12.3 Å². The number of nitrogens with one attached hydrogen (secondary N) is 1. The predicted octanol–water partition coefficient (Wildman–Crippen LogP) is 1.96. The SMILES string of the molecule is CCC1(CNS(=O)(=O)c2ccc(C)c(CO)c2)CC1. The lowest BCUT2D eigenvalue weighted by molar-refractivity contribution is 0.280. The molecule has 2 N–H and O–H groups in total. The summed E-state index contributed by atoms with van der Waals surface area (Å²) in [4.78, 5) is 0.231. The van der Waals surface area contributed by atoms with E-state index in [1.165, 1.54) is 0 Å². The van der Waals surface area contributed by atoms with E-state index in [-0.39, 0.29) is 16.9 Å². The van der Waals surface area contributed by atoms with Gasteiger partial charge in [0.15, 0.2) is 0 Å². The van der Waals surface area contributed by atoms with E-state index in [2.05, 4.69) is 11.6 Å². The van der Waals surface area contributed by atoms with Crippen LogP contribution in [0.25, 0.3) is 0 Å². The molecule has 1 fully saturated rings. The maximum Gasteiger partial charge on any atom is 0.240 e. The van der Waals surface area contributed by atoms with Crippen molar-refractivity contribution in [2.75, 3.05) is 6.54 Å². The lowest BCUT2D eigenvalue weighted by Crippen LogP contribution is -2.30. The van der Waals surface area contributed by atoms with Crippen LogP contribution in [0.15, 0.2) is 23.1 Å². The molecule has 0 atom stereocenters. The van der Waals surface area contributed by atoms with Gasteiger partial charge in [-0.2, -0.15) is 0 Å². The molecule has 0 radical (unpaired) electrons. The van der Waals surface area contributed by atoms with E-state index in [1.807, 2.05) is 6.92 Å². The van der Waals surface area contributed by atoms with Gasteiger partial charge in [-0.15, -0.1) is 0 Å². The fraction of sp³-hybridized carbons (Fsp3) is 0.571. The summed E-state index contributed by atoms with van der Waals surface area (Å²) in [6, 6.07) is 4.86. The average Bonchev–Trinajstić information content (AvgIpc) is 3.17. The van der Waals surface area contributed by atoms with E-state index >= 15 is 0 Å². The van der Waals surface area contributed by atoms with Gasteiger partial charge < -0.3 is 5.11 Å². The van der Waals surface area contributed by atoms with Gasteiger partial charge in [0.1, 0.15) is 0 Å². The van der Waals surface area contributed by atoms with Crippen LogP contribution in [0.4, 0.5) is 0 Å². The molecule has 1 aliphatic carbocycles. The van der Waals surface area contributed by atoms with E-state index in [4.69, 9.17) is 0 Å². The summed E-state index contributed by atoms with van der Waals surface area (Å²) in [7, 11) is -3.47. The van der Waals surface area contributed by atoms with Gasteiger partial charge in [0, 0.05) is 6.54 Å². The zero-order valence-electron chi connectivity index (χ0n) is 11.4. The normalized spacial score (nSPS) is 17.4. The molecule has 106 valence electrons. The van der Waals surface area contributed by atoms with Gasteiger partial charge in [-0.1, -0.05) is 13.0 Å². The number of aliphatic hydroxyl groups is 1. The molecule has 0 aromatic heterocycles. The number of rotatable bonds is 6. The van der Waals surface area contributed by atoms with Crippen molar-refractivity contribution in [2.24, 2.45) is 5.41 Å². The summed E-state index contributed by atoms with van der Waals surface area (Å²) in [5, 5.41) is 9.20. The molecule has 0 saturated heterocycles. The monoisotopic (exact) mass is 283 g/mol. The van der Waals surface area contributed by atoms with E-state index < -0.39 is 10.0 Å². The first kappa shape index (κ1) is 14.5. The number of aryl methyl sites for hydroxylation is 1. The summed E-state index contributed by atoms with van der Waals surface area (Å²) in [5.41, 5.74) is 1.73. The van der Waals surface area contributed by atoms with Crippen LogP contribution in [0.5, 0.6) is 0 Å². The largest absolute Gasteiger partial charge is 0.392 e. The molecular formula is C14H21NO3S. The van der Waals surface area contributed by atoms with Crippen molar-refractivity contribution in [1.82, 2.24) is 4.72 Å². The minimum Gasteiger partial charge on any atom is -0.392 e. The van der Waals surface area contributed by atoms with E-state index in [1.54, 1.807) is 18.2 Å². The first-order valence-electron chi connectivity index (χ1n) is 6.62. The fourth-order valence-corrected chi connectivity index (χ4v) is 3.36. The van der Waals surface area contributed by atoms with E-state index in [9.17, 15) is 13.5 Å². The first-order valence-corrected chi connectivity index (χ1v) is 8.11. The van der Waals surface area contributed by atoms with Crippen LogP contribution >= 0.6 is 0 Å². The molecule has 1 aromatic rings. The van der Waals surface area contributed by atoms with Gasteiger partial charge in [-0.3, -0.25) is 0 Å². The number of hydrogen-bond acceptors (Lipinski definition) is 3. The predicted molar refractivity (Wildman–Crippen MR) is 74.2 cm³/mol. The summed E-state index contributed by atoms with van der Waals surface area (Å²) >= 11 is 0. The molecule has 0 aliphatic heterocycles. The summed E-state index contributed by atoms with van der Waals surface area (Å²) in [6.07, 6.45) is 3.20. The quantitative estimate of drug-likeness (QED) is 0.838. The minimum atomic E-state index is -3.47. The number of benzene rings is 1. The second-order valence-electron chi connectivity index (χ2n) is 5.42. The van der Waals surface area contributed by atoms with Crippen LogP contribution in [0.2, 0.25) is 0 Å². The number of sulfonamides is 1. The Bertz CT molecular complexity index is 562. The standard InChI is InChI=1S/C14H21NO3S/c1-3-14(6-7-14)10-15-19(17,18)13-5-4-11(2)12(8-13)9-16/h4-5,8,15-16H,3,6-7,9-10H2,1-2H3. The van der Waals surface area contributed by atoms with Crippen molar-refractivity contribution in [2.45, 2.75) is 44.6 Å². The lowest BCUT2D eigenvalue weighted by Gasteiger charge is -2.14. The molecule has 4 nitrogen and oxygen atoms in total. The van der Waals surface area contributed by atoms with E-state index in [0.29, 0.717) is 12.1 Å². The highest BCUT2D eigenvalue weighted by Crippen LogP contribution is 2.48. The van der Waals surface area contributed by atoms with Crippen LogP contribution in [-0.4, -0.2) is 20.1 Å². The summed E-state index contributed by atoms with van der Waals surface area (Å²) in [6.45, 7) is 4.31. The van der Waals surface area contributed by atoms with Gasteiger partial charge >= 0.3 is 0 Å². The molecule has 1 aromatic carbocycles. The Morgan fingerprint density at radius 1 is 1.37 bits per heavy atom. The first-order chi connectivity index (χ1) is 8.92. The van der Waals surface area contributed by atoms with Crippen molar-refractivity contribution in [3.63, 3.8) is 0 Å². The minimum absolute atomic E-state index is 0.145. The van der Waals surface area contributed by atoms with Crippen LogP contribution in [0.1, 0.15) is 37.3 Å². The van der Waals surface area contributed by atoms with Crippen LogP contribution < -0.4 is 4.72 Å². The maximum absolute atomic E-state index is 12.2. The molecular weight excluding hydrogens is 262 g/mol. The Morgan fingerprint density at radius 3 is 2.58 bits per heavy atom. The van der Waals surface area contributed by atoms with Crippen molar-refractivity contribution in [1.29, 1.82) is 0 Å². The van der Waals surface area contributed by atoms with Gasteiger partial charge in [0.2, 0.25) is 10.0 Å². The molecule has 1 saturated carbocycles. The molecule has 0 spiro atoms. The lowest BCUT2D eigenvalue weighted by atomic mass is 10.1. The third kappa shape index (κ3) is 3.16. The number of hydrogen-bond donors (Lipinski definition) is 2. The van der Waals surface area contributed by atoms with Gasteiger partial charge in [0.25, 0.3) is 0 Å². The molecule has 0 heterocycles. The molecule has 0 amide bonds. The van der Waals surface area contributed by atoms with Crippen molar-refractivity contribution < 1.29 is 13.5 Å². The van der Waals surface area contributed by atoms with Crippen molar-refractivity contribution in [3.05, 3.63) is 29.3 Å². The molecule has 2 rings (SSSR count). The average molecular weight is 283 g/mol. The van der Waals surface area contributed by atoms with Crippen LogP contribution in [0.3, 0.4) is 0 Å². The third-order valence-electron chi connectivity index (χ3n) is 4.15. The summed E-state index contributed by atoms with van der Waals surface area (Å²) < 4.78 is 27.1. The van der Waals surface area contributed by atoms with E-state index in [0.717, 1.165) is 24.8 Å². The molecule has 1 aliphatic rings. The highest BCUT2D eigenvalue weighted by atomic mass is 32.2. The second kappa shape index (κ2) is 5.23. The number of aliphatic hydroxyl groups excluding tert-OH is 1. The smallest absolute Gasteiger partial charge is 0.240 e. The third-order valence-corrected chi connectivity index (χ3v) is 5.54. The Morgan fingerprint density at radius 2 is 2.05 bits per heavy atom.